The van der Waals surface area contributed by atoms with Crippen LogP contribution in [0.2, 0.25) is 0 Å². The van der Waals surface area contributed by atoms with Gasteiger partial charge in [0.15, 0.2) is 0 Å². The van der Waals surface area contributed by atoms with E-state index in [9.17, 15) is 0 Å². The smallest absolute Gasteiger partial charge is 0.0529 e. The van der Waals surface area contributed by atoms with E-state index in [1.54, 1.807) is 0 Å². The van der Waals surface area contributed by atoms with Crippen LogP contribution < -0.4 is 5.32 Å². The Balaban J connectivity index is 1.90. The third-order valence-electron chi connectivity index (χ3n) is 4.00. The minimum atomic E-state index is 0.517. The van der Waals surface area contributed by atoms with E-state index >= 15 is 0 Å². The lowest BCUT2D eigenvalue weighted by Crippen LogP contribution is -2.41. The molecule has 3 nitrogen and oxygen atoms in total. The molecular formula is C15H25N3. The average Bonchev–Trinajstić information content (AvgIpc) is 2.41. The van der Waals surface area contributed by atoms with Gasteiger partial charge < -0.3 is 10.2 Å². The molecule has 1 aromatic heterocycles. The van der Waals surface area contributed by atoms with Gasteiger partial charge in [0.1, 0.15) is 0 Å². The molecule has 18 heavy (non-hydrogen) atoms. The zero-order valence-corrected chi connectivity index (χ0v) is 11.8. The number of pyridine rings is 1. The second-order valence-electron chi connectivity index (χ2n) is 5.42. The summed E-state index contributed by atoms with van der Waals surface area (Å²) >= 11 is 0. The van der Waals surface area contributed by atoms with Crippen molar-refractivity contribution < 1.29 is 0 Å². The van der Waals surface area contributed by atoms with Crippen LogP contribution in [-0.4, -0.2) is 35.6 Å². The van der Waals surface area contributed by atoms with Gasteiger partial charge in [-0.15, -0.1) is 0 Å². The summed E-state index contributed by atoms with van der Waals surface area (Å²) in [6, 6.07) is 4.71. The Morgan fingerprint density at radius 2 is 2.33 bits per heavy atom. The van der Waals surface area contributed by atoms with E-state index in [1.807, 2.05) is 13.1 Å². The molecule has 1 N–H and O–H groups in total. The van der Waals surface area contributed by atoms with E-state index in [0.717, 1.165) is 17.3 Å². The fourth-order valence-corrected chi connectivity index (χ4v) is 2.72. The average molecular weight is 247 g/mol. The molecule has 2 atom stereocenters. The predicted molar refractivity (Wildman–Crippen MR) is 76.9 cm³/mol. The summed E-state index contributed by atoms with van der Waals surface area (Å²) < 4.78 is 0. The third-order valence-corrected chi connectivity index (χ3v) is 4.00. The molecule has 0 bridgehead atoms. The van der Waals surface area contributed by atoms with Gasteiger partial charge in [0.2, 0.25) is 0 Å². The number of hydrogen-bond acceptors (Lipinski definition) is 3. The minimum absolute atomic E-state index is 0.517. The highest BCUT2D eigenvalue weighted by Gasteiger charge is 2.23. The van der Waals surface area contributed by atoms with Gasteiger partial charge in [-0.3, -0.25) is 4.98 Å². The maximum atomic E-state index is 4.34. The maximum absolute atomic E-state index is 4.34. The van der Waals surface area contributed by atoms with Crippen molar-refractivity contribution in [2.24, 2.45) is 5.92 Å². The molecular weight excluding hydrogens is 222 g/mol. The highest BCUT2D eigenvalue weighted by atomic mass is 15.1. The number of hydrogen-bond donors (Lipinski definition) is 1. The topological polar surface area (TPSA) is 28.2 Å². The maximum Gasteiger partial charge on any atom is 0.0529 e. The number of aryl methyl sites for hydroxylation is 1. The molecule has 1 aliphatic rings. The van der Waals surface area contributed by atoms with Crippen LogP contribution in [0.15, 0.2) is 18.3 Å². The molecule has 100 valence electrons. The summed E-state index contributed by atoms with van der Waals surface area (Å²) in [5.41, 5.74) is 2.21. The fraction of sp³-hybridized carbons (Fsp3) is 0.667. The number of anilines is 1. The Hall–Kier alpha value is -1.09. The highest BCUT2D eigenvalue weighted by Crippen LogP contribution is 2.22. The van der Waals surface area contributed by atoms with Crippen molar-refractivity contribution in [3.63, 3.8) is 0 Å². The van der Waals surface area contributed by atoms with Gasteiger partial charge in [-0.25, -0.2) is 0 Å². The summed E-state index contributed by atoms with van der Waals surface area (Å²) in [7, 11) is 0. The highest BCUT2D eigenvalue weighted by molar-refractivity contribution is 5.41. The number of nitrogens with zero attached hydrogens (tertiary/aromatic N) is 2. The first kappa shape index (κ1) is 13.3. The van der Waals surface area contributed by atoms with Gasteiger partial charge in [-0.1, -0.05) is 6.92 Å². The quantitative estimate of drug-likeness (QED) is 0.886. The standard InChI is InChI=1S/C15H25N3/c1-4-18-9-5-6-14(11-18)13(3)17-15-8-7-12(2)16-10-15/h7-8,10,13-14,17H,4-6,9,11H2,1-3H3. The zero-order chi connectivity index (χ0) is 13.0. The first-order chi connectivity index (χ1) is 8.69. The van der Waals surface area contributed by atoms with Crippen LogP contribution in [0.4, 0.5) is 5.69 Å². The Morgan fingerprint density at radius 3 is 3.00 bits per heavy atom. The SMILES string of the molecule is CCN1CCCC(C(C)Nc2ccc(C)nc2)C1. The van der Waals surface area contributed by atoms with Gasteiger partial charge >= 0.3 is 0 Å². The molecule has 2 rings (SSSR count). The third kappa shape index (κ3) is 3.45. The summed E-state index contributed by atoms with van der Waals surface area (Å²) in [5.74, 6) is 0.750. The van der Waals surface area contributed by atoms with Crippen LogP contribution in [0.3, 0.4) is 0 Å². The Kier molecular flexibility index (Phi) is 4.59. The molecule has 0 saturated carbocycles. The van der Waals surface area contributed by atoms with Crippen LogP contribution in [0.5, 0.6) is 0 Å². The van der Waals surface area contributed by atoms with Gasteiger partial charge in [-0.05, 0) is 57.8 Å². The lowest BCUT2D eigenvalue weighted by atomic mass is 9.91. The molecule has 0 radical (unpaired) electrons. The first-order valence-electron chi connectivity index (χ1n) is 7.10. The van der Waals surface area contributed by atoms with Crippen LogP contribution in [0.25, 0.3) is 0 Å². The Morgan fingerprint density at radius 1 is 1.50 bits per heavy atom. The molecule has 1 aliphatic heterocycles. The van der Waals surface area contributed by atoms with Gasteiger partial charge in [-0.2, -0.15) is 0 Å². The summed E-state index contributed by atoms with van der Waals surface area (Å²) in [4.78, 5) is 6.89. The van der Waals surface area contributed by atoms with E-state index in [0.29, 0.717) is 6.04 Å². The Labute approximate surface area is 111 Å². The van der Waals surface area contributed by atoms with Crippen molar-refractivity contribution in [3.8, 4) is 0 Å². The molecule has 1 fully saturated rings. The summed E-state index contributed by atoms with van der Waals surface area (Å²) in [5, 5.41) is 3.59. The van der Waals surface area contributed by atoms with E-state index in [4.69, 9.17) is 0 Å². The molecule has 1 aromatic rings. The predicted octanol–water partition coefficient (Wildman–Crippen LogP) is 2.92. The van der Waals surface area contributed by atoms with Crippen molar-refractivity contribution in [1.29, 1.82) is 0 Å². The van der Waals surface area contributed by atoms with E-state index < -0.39 is 0 Å². The van der Waals surface area contributed by atoms with Gasteiger partial charge in [0.05, 0.1) is 11.9 Å². The van der Waals surface area contributed by atoms with Crippen LogP contribution in [0, 0.1) is 12.8 Å². The lowest BCUT2D eigenvalue weighted by molar-refractivity contribution is 0.172. The molecule has 3 heteroatoms. The molecule has 2 heterocycles. The van der Waals surface area contributed by atoms with Crippen molar-refractivity contribution in [2.75, 3.05) is 25.0 Å². The minimum Gasteiger partial charge on any atom is -0.381 e. The molecule has 0 aromatic carbocycles. The van der Waals surface area contributed by atoms with Crippen LogP contribution in [0.1, 0.15) is 32.4 Å². The number of piperidine rings is 1. The molecule has 0 aliphatic carbocycles. The van der Waals surface area contributed by atoms with Crippen molar-refractivity contribution >= 4 is 5.69 Å². The zero-order valence-electron chi connectivity index (χ0n) is 11.8. The number of rotatable bonds is 4. The summed E-state index contributed by atoms with van der Waals surface area (Å²) in [6.07, 6.45) is 4.60. The lowest BCUT2D eigenvalue weighted by Gasteiger charge is -2.35. The van der Waals surface area contributed by atoms with E-state index in [2.05, 4.69) is 41.2 Å². The van der Waals surface area contributed by atoms with Gasteiger partial charge in [0.25, 0.3) is 0 Å². The molecule has 2 unspecified atom stereocenters. The molecule has 0 amide bonds. The van der Waals surface area contributed by atoms with Crippen LogP contribution in [-0.2, 0) is 0 Å². The van der Waals surface area contributed by atoms with Crippen molar-refractivity contribution in [2.45, 2.75) is 39.7 Å². The van der Waals surface area contributed by atoms with E-state index in [-0.39, 0.29) is 0 Å². The molecule has 0 spiro atoms. The number of likely N-dealkylation sites (tertiary alicyclic amines) is 1. The second kappa shape index (κ2) is 6.19. The monoisotopic (exact) mass is 247 g/mol. The van der Waals surface area contributed by atoms with Crippen molar-refractivity contribution in [3.05, 3.63) is 24.0 Å². The second-order valence-corrected chi connectivity index (χ2v) is 5.42. The van der Waals surface area contributed by atoms with Crippen LogP contribution >= 0.6 is 0 Å². The van der Waals surface area contributed by atoms with E-state index in [1.165, 1.54) is 32.5 Å². The van der Waals surface area contributed by atoms with Gasteiger partial charge in [0, 0.05) is 18.3 Å². The fourth-order valence-electron chi connectivity index (χ4n) is 2.72. The number of nitrogens with one attached hydrogen (secondary N) is 1. The number of aromatic nitrogens is 1. The Bertz CT molecular complexity index is 361. The summed E-state index contributed by atoms with van der Waals surface area (Å²) in [6.45, 7) is 10.2. The normalized spacial score (nSPS) is 22.7. The van der Waals surface area contributed by atoms with Crippen molar-refractivity contribution in [1.82, 2.24) is 9.88 Å². The largest absolute Gasteiger partial charge is 0.381 e. The molecule has 1 saturated heterocycles. The first-order valence-corrected chi connectivity index (χ1v) is 7.10.